The first kappa shape index (κ1) is 18.2. The number of hydrogen-bond acceptors (Lipinski definition) is 5. The second kappa shape index (κ2) is 8.22. The molecule has 1 unspecified atom stereocenters. The van der Waals surface area contributed by atoms with Gasteiger partial charge in [0.05, 0.1) is 17.7 Å². The van der Waals surface area contributed by atoms with Crippen molar-refractivity contribution in [3.8, 4) is 11.5 Å². The van der Waals surface area contributed by atoms with E-state index in [1.165, 1.54) is 0 Å². The molecule has 1 aliphatic rings. The van der Waals surface area contributed by atoms with Crippen LogP contribution in [0.2, 0.25) is 0 Å². The minimum absolute atomic E-state index is 0.256. The summed E-state index contributed by atoms with van der Waals surface area (Å²) in [6.45, 7) is 0.734. The molecule has 0 saturated heterocycles. The molecule has 144 valence electrons. The Morgan fingerprint density at radius 3 is 2.75 bits per heavy atom. The van der Waals surface area contributed by atoms with E-state index < -0.39 is 6.10 Å². The molecule has 0 bridgehead atoms. The van der Waals surface area contributed by atoms with Gasteiger partial charge in [-0.25, -0.2) is 0 Å². The van der Waals surface area contributed by atoms with Gasteiger partial charge >= 0.3 is 0 Å². The molecule has 7 heteroatoms. The van der Waals surface area contributed by atoms with Crippen LogP contribution in [0.5, 0.6) is 11.5 Å². The Morgan fingerprint density at radius 1 is 1.14 bits per heavy atom. The third kappa shape index (κ3) is 4.20. The number of carbonyl (C=O) groups is 1. The number of aromatic nitrogens is 3. The standard InChI is InChI=1S/C21H22N4O3/c26-19-13-15(14-25-11-3-8-23-25)12-18(19)24-21(27)17-4-1-2-5-20(17)28-16-6-9-22-10-7-16/h1-11,15,18-19,26H,12-14H2,(H,24,27)/t15?,18-,19-/m1/s1. The first-order chi connectivity index (χ1) is 13.7. The maximum Gasteiger partial charge on any atom is 0.255 e. The highest BCUT2D eigenvalue weighted by molar-refractivity contribution is 5.97. The molecular formula is C21H22N4O3. The molecule has 0 spiro atoms. The summed E-state index contributed by atoms with van der Waals surface area (Å²) in [6, 6.07) is 12.1. The van der Waals surface area contributed by atoms with Crippen LogP contribution in [-0.4, -0.2) is 37.9 Å². The van der Waals surface area contributed by atoms with Gasteiger partial charge in [-0.15, -0.1) is 0 Å². The number of para-hydroxylation sites is 1. The van der Waals surface area contributed by atoms with Crippen molar-refractivity contribution in [3.63, 3.8) is 0 Å². The van der Waals surface area contributed by atoms with E-state index in [9.17, 15) is 9.90 Å². The van der Waals surface area contributed by atoms with Crippen molar-refractivity contribution in [1.82, 2.24) is 20.1 Å². The molecule has 0 radical (unpaired) electrons. The Kier molecular flexibility index (Phi) is 5.34. The number of carbonyl (C=O) groups excluding carboxylic acids is 1. The summed E-state index contributed by atoms with van der Waals surface area (Å²) in [4.78, 5) is 16.8. The molecule has 3 atom stereocenters. The molecule has 0 aliphatic heterocycles. The van der Waals surface area contributed by atoms with Gasteiger partial charge in [0.15, 0.2) is 0 Å². The van der Waals surface area contributed by atoms with Crippen LogP contribution in [0, 0.1) is 5.92 Å². The van der Waals surface area contributed by atoms with Gasteiger partial charge in [-0.05, 0) is 49.1 Å². The SMILES string of the molecule is O=C(N[C@@H]1CC(Cn2cccn2)C[C@H]1O)c1ccccc1Oc1ccncc1. The van der Waals surface area contributed by atoms with Crippen molar-refractivity contribution in [2.45, 2.75) is 31.5 Å². The molecule has 1 aliphatic carbocycles. The van der Waals surface area contributed by atoms with Crippen LogP contribution in [0.4, 0.5) is 0 Å². The lowest BCUT2D eigenvalue weighted by Gasteiger charge is -2.18. The normalized spacial score (nSPS) is 21.4. The Labute approximate surface area is 163 Å². The van der Waals surface area contributed by atoms with E-state index in [1.54, 1.807) is 48.9 Å². The second-order valence-electron chi connectivity index (χ2n) is 6.99. The number of ether oxygens (including phenoxy) is 1. The fraction of sp³-hybridized carbons (Fsp3) is 0.286. The third-order valence-corrected chi connectivity index (χ3v) is 4.96. The number of amides is 1. The highest BCUT2D eigenvalue weighted by Crippen LogP contribution is 2.29. The summed E-state index contributed by atoms with van der Waals surface area (Å²) in [7, 11) is 0. The summed E-state index contributed by atoms with van der Waals surface area (Å²) in [5.41, 5.74) is 0.432. The van der Waals surface area contributed by atoms with Crippen LogP contribution < -0.4 is 10.1 Å². The molecule has 4 rings (SSSR count). The summed E-state index contributed by atoms with van der Waals surface area (Å²) in [5.74, 6) is 1.08. The minimum Gasteiger partial charge on any atom is -0.456 e. The summed E-state index contributed by atoms with van der Waals surface area (Å²) < 4.78 is 7.70. The molecule has 1 fully saturated rings. The van der Waals surface area contributed by atoms with E-state index in [0.29, 0.717) is 29.9 Å². The van der Waals surface area contributed by atoms with Gasteiger partial charge in [-0.3, -0.25) is 14.5 Å². The quantitative estimate of drug-likeness (QED) is 0.688. The first-order valence-corrected chi connectivity index (χ1v) is 9.32. The van der Waals surface area contributed by atoms with Crippen LogP contribution in [0.15, 0.2) is 67.3 Å². The van der Waals surface area contributed by atoms with E-state index in [0.717, 1.165) is 6.54 Å². The van der Waals surface area contributed by atoms with E-state index >= 15 is 0 Å². The van der Waals surface area contributed by atoms with E-state index in [2.05, 4.69) is 15.4 Å². The number of benzene rings is 1. The van der Waals surface area contributed by atoms with Gasteiger partial charge in [0, 0.05) is 31.3 Å². The van der Waals surface area contributed by atoms with Crippen molar-refractivity contribution in [2.75, 3.05) is 0 Å². The topological polar surface area (TPSA) is 89.3 Å². The lowest BCUT2D eigenvalue weighted by atomic mass is 10.1. The Morgan fingerprint density at radius 2 is 1.96 bits per heavy atom. The fourth-order valence-corrected chi connectivity index (χ4v) is 3.62. The van der Waals surface area contributed by atoms with Gasteiger partial charge in [0.25, 0.3) is 5.91 Å². The van der Waals surface area contributed by atoms with Crippen LogP contribution in [0.3, 0.4) is 0 Å². The molecule has 2 N–H and O–H groups in total. The Bertz CT molecular complexity index is 914. The zero-order valence-electron chi connectivity index (χ0n) is 15.3. The lowest BCUT2D eigenvalue weighted by Crippen LogP contribution is -2.40. The van der Waals surface area contributed by atoms with E-state index in [-0.39, 0.29) is 17.9 Å². The number of nitrogens with one attached hydrogen (secondary N) is 1. The van der Waals surface area contributed by atoms with Gasteiger partial charge in [0.2, 0.25) is 0 Å². The van der Waals surface area contributed by atoms with Crippen molar-refractivity contribution < 1.29 is 14.6 Å². The van der Waals surface area contributed by atoms with Crippen molar-refractivity contribution in [3.05, 3.63) is 72.8 Å². The van der Waals surface area contributed by atoms with E-state index in [1.807, 2.05) is 23.0 Å². The predicted octanol–water partition coefficient (Wildman–Crippen LogP) is 2.64. The zero-order valence-corrected chi connectivity index (χ0v) is 15.3. The highest BCUT2D eigenvalue weighted by atomic mass is 16.5. The summed E-state index contributed by atoms with van der Waals surface area (Å²) in [5, 5.41) is 17.6. The first-order valence-electron chi connectivity index (χ1n) is 9.32. The van der Waals surface area contributed by atoms with Crippen molar-refractivity contribution in [2.24, 2.45) is 5.92 Å². The fourth-order valence-electron chi connectivity index (χ4n) is 3.62. The highest BCUT2D eigenvalue weighted by Gasteiger charge is 2.34. The molecule has 1 amide bonds. The average Bonchev–Trinajstić information content (AvgIpc) is 3.33. The zero-order chi connectivity index (χ0) is 19.3. The molecule has 1 saturated carbocycles. The van der Waals surface area contributed by atoms with Gasteiger partial charge < -0.3 is 15.2 Å². The number of aliphatic hydroxyl groups is 1. The Hall–Kier alpha value is -3.19. The molecule has 3 aromatic rings. The minimum atomic E-state index is -0.571. The number of aliphatic hydroxyl groups excluding tert-OH is 1. The second-order valence-corrected chi connectivity index (χ2v) is 6.99. The van der Waals surface area contributed by atoms with Crippen LogP contribution in [0.25, 0.3) is 0 Å². The van der Waals surface area contributed by atoms with E-state index in [4.69, 9.17) is 4.74 Å². The number of pyridine rings is 1. The lowest BCUT2D eigenvalue weighted by molar-refractivity contribution is 0.0870. The molecule has 2 heterocycles. The summed E-state index contributed by atoms with van der Waals surface area (Å²) in [6.07, 6.45) is 7.69. The number of rotatable bonds is 6. The van der Waals surface area contributed by atoms with Gasteiger partial charge in [-0.2, -0.15) is 5.10 Å². The number of hydrogen-bond donors (Lipinski definition) is 2. The predicted molar refractivity (Wildman–Crippen MR) is 103 cm³/mol. The van der Waals surface area contributed by atoms with Crippen molar-refractivity contribution >= 4 is 5.91 Å². The molecule has 28 heavy (non-hydrogen) atoms. The molecule has 7 nitrogen and oxygen atoms in total. The Balaban J connectivity index is 1.42. The van der Waals surface area contributed by atoms with Gasteiger partial charge in [0.1, 0.15) is 11.5 Å². The third-order valence-electron chi connectivity index (χ3n) is 4.96. The molecule has 2 aromatic heterocycles. The monoisotopic (exact) mass is 378 g/mol. The van der Waals surface area contributed by atoms with Gasteiger partial charge in [-0.1, -0.05) is 12.1 Å². The average molecular weight is 378 g/mol. The largest absolute Gasteiger partial charge is 0.456 e. The maximum atomic E-state index is 12.8. The van der Waals surface area contributed by atoms with Crippen molar-refractivity contribution in [1.29, 1.82) is 0 Å². The summed E-state index contributed by atoms with van der Waals surface area (Å²) >= 11 is 0. The smallest absolute Gasteiger partial charge is 0.255 e. The van der Waals surface area contributed by atoms with Crippen LogP contribution in [0.1, 0.15) is 23.2 Å². The van der Waals surface area contributed by atoms with Crippen LogP contribution in [-0.2, 0) is 6.54 Å². The number of nitrogens with zero attached hydrogens (tertiary/aromatic N) is 3. The molecule has 1 aromatic carbocycles. The molecular weight excluding hydrogens is 356 g/mol. The maximum absolute atomic E-state index is 12.8. The van der Waals surface area contributed by atoms with Crippen LogP contribution >= 0.6 is 0 Å².